The number of rotatable bonds is 5. The molecule has 1 atom stereocenters. The summed E-state index contributed by atoms with van der Waals surface area (Å²) in [5.74, 6) is -0.236. The number of hydrogen-bond acceptors (Lipinski definition) is 3. The van der Waals surface area contributed by atoms with Gasteiger partial charge in [-0.3, -0.25) is 0 Å². The summed E-state index contributed by atoms with van der Waals surface area (Å²) in [5.41, 5.74) is 2.84. The molecule has 0 aliphatic carbocycles. The Morgan fingerprint density at radius 2 is 1.85 bits per heavy atom. The third-order valence-corrected chi connectivity index (χ3v) is 5.54. The maximum absolute atomic E-state index is 13.3. The first kappa shape index (κ1) is 17.2. The van der Waals surface area contributed by atoms with Gasteiger partial charge in [-0.25, -0.2) is 9.37 Å². The van der Waals surface area contributed by atoms with E-state index in [9.17, 15) is 4.39 Å². The molecule has 0 radical (unpaired) electrons. The number of nitrogens with zero attached hydrogens (tertiary/aromatic N) is 1. The van der Waals surface area contributed by atoms with E-state index in [1.165, 1.54) is 17.0 Å². The zero-order chi connectivity index (χ0) is 17.9. The van der Waals surface area contributed by atoms with E-state index >= 15 is 0 Å². The Hall–Kier alpha value is -2.27. The van der Waals surface area contributed by atoms with Crippen molar-refractivity contribution in [3.63, 3.8) is 0 Å². The molecule has 0 amide bonds. The van der Waals surface area contributed by atoms with Gasteiger partial charge in [-0.15, -0.1) is 11.3 Å². The van der Waals surface area contributed by atoms with E-state index in [1.54, 1.807) is 11.3 Å². The lowest BCUT2D eigenvalue weighted by Gasteiger charge is -2.19. The number of para-hydroxylation sites is 1. The van der Waals surface area contributed by atoms with E-state index in [4.69, 9.17) is 11.6 Å². The lowest BCUT2D eigenvalue weighted by atomic mass is 10.0. The average molecular weight is 383 g/mol. The Morgan fingerprint density at radius 3 is 2.62 bits per heavy atom. The minimum absolute atomic E-state index is 0.0295. The minimum atomic E-state index is -0.236. The summed E-state index contributed by atoms with van der Waals surface area (Å²) >= 11 is 8.05. The van der Waals surface area contributed by atoms with Crippen LogP contribution in [0.5, 0.6) is 0 Å². The van der Waals surface area contributed by atoms with Gasteiger partial charge in [-0.1, -0.05) is 48.0 Å². The van der Waals surface area contributed by atoms with Crippen molar-refractivity contribution in [1.29, 1.82) is 0 Å². The first-order chi connectivity index (χ1) is 12.7. The molecule has 0 saturated carbocycles. The number of halogens is 2. The van der Waals surface area contributed by atoms with Crippen LogP contribution in [-0.4, -0.2) is 4.98 Å². The SMILES string of the molecule is Fc1ccc([C@@H](NCc2cc3ccccc3nc2Cl)c2cccs2)cc1. The van der Waals surface area contributed by atoms with Gasteiger partial charge >= 0.3 is 0 Å². The molecule has 130 valence electrons. The van der Waals surface area contributed by atoms with E-state index in [1.807, 2.05) is 47.8 Å². The second-order valence-electron chi connectivity index (χ2n) is 6.01. The maximum atomic E-state index is 13.3. The van der Waals surface area contributed by atoms with Crippen molar-refractivity contribution in [2.24, 2.45) is 0 Å². The predicted octanol–water partition coefficient (Wildman–Crippen LogP) is 5.97. The van der Waals surface area contributed by atoms with Crippen molar-refractivity contribution in [2.75, 3.05) is 0 Å². The molecular weight excluding hydrogens is 367 g/mol. The second-order valence-corrected chi connectivity index (χ2v) is 7.35. The number of fused-ring (bicyclic) bond motifs is 1. The first-order valence-corrected chi connectivity index (χ1v) is 9.53. The number of pyridine rings is 1. The first-order valence-electron chi connectivity index (χ1n) is 8.27. The molecule has 2 aromatic heterocycles. The standard InChI is InChI=1S/C21H16ClFN2S/c22-21-16(12-15-4-1-2-5-18(15)25-21)13-24-20(19-6-3-11-26-19)14-7-9-17(23)10-8-14/h1-12,20,24H,13H2/t20-/m1/s1. The van der Waals surface area contributed by atoms with Gasteiger partial charge in [0.2, 0.25) is 0 Å². The molecule has 2 heterocycles. The van der Waals surface area contributed by atoms with Gasteiger partial charge in [0.15, 0.2) is 0 Å². The Bertz CT molecular complexity index is 1020. The average Bonchev–Trinajstić information content (AvgIpc) is 3.18. The van der Waals surface area contributed by atoms with E-state index in [-0.39, 0.29) is 11.9 Å². The molecule has 2 aromatic carbocycles. The summed E-state index contributed by atoms with van der Waals surface area (Å²) in [6.45, 7) is 0.566. The van der Waals surface area contributed by atoms with Crippen molar-refractivity contribution in [2.45, 2.75) is 12.6 Å². The lowest BCUT2D eigenvalue weighted by Crippen LogP contribution is -2.21. The lowest BCUT2D eigenvalue weighted by molar-refractivity contribution is 0.603. The van der Waals surface area contributed by atoms with Gasteiger partial charge in [0.1, 0.15) is 11.0 Å². The number of aromatic nitrogens is 1. The molecule has 2 nitrogen and oxygen atoms in total. The van der Waals surface area contributed by atoms with Crippen LogP contribution in [0.25, 0.3) is 10.9 Å². The van der Waals surface area contributed by atoms with Crippen molar-refractivity contribution in [3.05, 3.63) is 99.1 Å². The van der Waals surface area contributed by atoms with E-state index in [2.05, 4.69) is 22.4 Å². The third kappa shape index (κ3) is 3.63. The van der Waals surface area contributed by atoms with Gasteiger partial charge in [-0.05, 0) is 41.3 Å². The zero-order valence-electron chi connectivity index (χ0n) is 13.8. The third-order valence-electron chi connectivity index (χ3n) is 4.28. The van der Waals surface area contributed by atoms with Gasteiger partial charge in [0, 0.05) is 22.4 Å². The number of benzene rings is 2. The Labute approximate surface area is 160 Å². The normalized spacial score (nSPS) is 12.4. The Balaban J connectivity index is 1.62. The van der Waals surface area contributed by atoms with E-state index < -0.39 is 0 Å². The van der Waals surface area contributed by atoms with Gasteiger partial charge < -0.3 is 5.32 Å². The Morgan fingerprint density at radius 1 is 1.04 bits per heavy atom. The molecule has 0 spiro atoms. The number of nitrogens with one attached hydrogen (secondary N) is 1. The summed E-state index contributed by atoms with van der Waals surface area (Å²) < 4.78 is 13.3. The molecule has 0 unspecified atom stereocenters. The number of hydrogen-bond donors (Lipinski definition) is 1. The fraction of sp³-hybridized carbons (Fsp3) is 0.0952. The summed E-state index contributed by atoms with van der Waals surface area (Å²) in [6, 6.07) is 20.6. The van der Waals surface area contributed by atoms with Crippen molar-refractivity contribution < 1.29 is 4.39 Å². The molecule has 0 bridgehead atoms. The molecule has 0 fully saturated rings. The highest BCUT2D eigenvalue weighted by Crippen LogP contribution is 2.28. The maximum Gasteiger partial charge on any atom is 0.134 e. The van der Waals surface area contributed by atoms with Crippen molar-refractivity contribution in [1.82, 2.24) is 10.3 Å². The summed E-state index contributed by atoms with van der Waals surface area (Å²) in [7, 11) is 0. The highest BCUT2D eigenvalue weighted by molar-refractivity contribution is 7.10. The molecule has 5 heteroatoms. The highest BCUT2D eigenvalue weighted by atomic mass is 35.5. The van der Waals surface area contributed by atoms with Crippen LogP contribution in [0.2, 0.25) is 5.15 Å². The second kappa shape index (κ2) is 7.54. The fourth-order valence-electron chi connectivity index (χ4n) is 2.97. The van der Waals surface area contributed by atoms with Crippen LogP contribution in [0.1, 0.15) is 22.0 Å². The molecule has 1 N–H and O–H groups in total. The predicted molar refractivity (Wildman–Crippen MR) is 106 cm³/mol. The molecule has 4 rings (SSSR count). The zero-order valence-corrected chi connectivity index (χ0v) is 15.4. The molecule has 0 saturated heterocycles. The summed E-state index contributed by atoms with van der Waals surface area (Å²) in [6.07, 6.45) is 0. The van der Waals surface area contributed by atoms with E-state index in [0.29, 0.717) is 11.7 Å². The van der Waals surface area contributed by atoms with Gasteiger partial charge in [0.05, 0.1) is 11.6 Å². The quantitative estimate of drug-likeness (QED) is 0.430. The largest absolute Gasteiger partial charge is 0.301 e. The fourth-order valence-corrected chi connectivity index (χ4v) is 4.00. The summed E-state index contributed by atoms with van der Waals surface area (Å²) in [4.78, 5) is 5.65. The van der Waals surface area contributed by atoms with Crippen molar-refractivity contribution >= 4 is 33.8 Å². The number of thiophene rings is 1. The molecule has 26 heavy (non-hydrogen) atoms. The van der Waals surface area contributed by atoms with Crippen LogP contribution in [0, 0.1) is 5.82 Å². The summed E-state index contributed by atoms with van der Waals surface area (Å²) in [5, 5.41) is 7.14. The van der Waals surface area contributed by atoms with Crippen LogP contribution < -0.4 is 5.32 Å². The van der Waals surface area contributed by atoms with Crippen LogP contribution in [-0.2, 0) is 6.54 Å². The van der Waals surface area contributed by atoms with Crippen LogP contribution >= 0.6 is 22.9 Å². The Kier molecular flexibility index (Phi) is 4.98. The topological polar surface area (TPSA) is 24.9 Å². The van der Waals surface area contributed by atoms with Crippen LogP contribution in [0.4, 0.5) is 4.39 Å². The minimum Gasteiger partial charge on any atom is -0.301 e. The molecule has 0 aliphatic heterocycles. The highest BCUT2D eigenvalue weighted by Gasteiger charge is 2.16. The molecule has 4 aromatic rings. The van der Waals surface area contributed by atoms with Crippen LogP contribution in [0.15, 0.2) is 72.1 Å². The molecule has 0 aliphatic rings. The van der Waals surface area contributed by atoms with E-state index in [0.717, 1.165) is 22.0 Å². The monoisotopic (exact) mass is 382 g/mol. The van der Waals surface area contributed by atoms with Crippen molar-refractivity contribution in [3.8, 4) is 0 Å². The van der Waals surface area contributed by atoms with Gasteiger partial charge in [-0.2, -0.15) is 0 Å². The van der Waals surface area contributed by atoms with Gasteiger partial charge in [0.25, 0.3) is 0 Å². The smallest absolute Gasteiger partial charge is 0.134 e. The van der Waals surface area contributed by atoms with Crippen LogP contribution in [0.3, 0.4) is 0 Å². The molecular formula is C21H16ClFN2S.